The summed E-state index contributed by atoms with van der Waals surface area (Å²) in [6.45, 7) is -0.512. The van der Waals surface area contributed by atoms with Crippen LogP contribution in [-0.4, -0.2) is 38.8 Å². The summed E-state index contributed by atoms with van der Waals surface area (Å²) in [5.41, 5.74) is -2.02. The number of benzene rings is 1. The number of nitro groups is 1. The molecule has 0 aliphatic rings. The van der Waals surface area contributed by atoms with E-state index in [2.05, 4.69) is 0 Å². The molecule has 0 saturated carbocycles. The number of carbonyl (C=O) groups is 2. The molecule has 0 unspecified atom stereocenters. The smallest absolute Gasteiger partial charge is 0.343 e. The largest absolute Gasteiger partial charge is 0.478 e. The molecule has 0 aromatic heterocycles. The standard InChI is InChI=1S/C10H9NO7/c12-4-3-5-6(9(13)14)1-2-7(11(17)18)8(5)10(15)16/h1-2,12H,3-4H2,(H,13,14)(H,15,16). The highest BCUT2D eigenvalue weighted by molar-refractivity contribution is 5.99. The summed E-state index contributed by atoms with van der Waals surface area (Å²) in [6, 6.07) is 1.78. The summed E-state index contributed by atoms with van der Waals surface area (Å²) in [7, 11) is 0. The SMILES string of the molecule is O=C(O)c1ccc([N+](=O)[O-])c(C(=O)O)c1CCO. The Balaban J connectivity index is 3.64. The Morgan fingerprint density at radius 2 is 1.83 bits per heavy atom. The van der Waals surface area contributed by atoms with Crippen molar-refractivity contribution in [3.63, 3.8) is 0 Å². The second-order valence-electron chi connectivity index (χ2n) is 3.33. The number of aromatic carboxylic acids is 2. The lowest BCUT2D eigenvalue weighted by Gasteiger charge is -2.08. The summed E-state index contributed by atoms with van der Waals surface area (Å²) in [5, 5.41) is 37.3. The molecule has 0 spiro atoms. The fourth-order valence-electron chi connectivity index (χ4n) is 1.60. The first-order valence-electron chi connectivity index (χ1n) is 4.77. The van der Waals surface area contributed by atoms with Gasteiger partial charge in [-0.15, -0.1) is 0 Å². The van der Waals surface area contributed by atoms with Crippen LogP contribution in [0.5, 0.6) is 0 Å². The normalized spacial score (nSPS) is 10.1. The zero-order valence-electron chi connectivity index (χ0n) is 8.99. The minimum Gasteiger partial charge on any atom is -0.478 e. The van der Waals surface area contributed by atoms with Crippen molar-refractivity contribution >= 4 is 17.6 Å². The Bertz CT molecular complexity index is 523. The van der Waals surface area contributed by atoms with Crippen LogP contribution in [0.2, 0.25) is 0 Å². The maximum absolute atomic E-state index is 11.0. The number of carboxylic acid groups (broad SMARTS) is 2. The molecule has 0 saturated heterocycles. The lowest BCUT2D eigenvalue weighted by molar-refractivity contribution is -0.385. The van der Waals surface area contributed by atoms with Gasteiger partial charge in [0, 0.05) is 12.7 Å². The summed E-state index contributed by atoms with van der Waals surface area (Å²) < 4.78 is 0. The van der Waals surface area contributed by atoms with Gasteiger partial charge in [0.1, 0.15) is 5.56 Å². The van der Waals surface area contributed by atoms with Crippen molar-refractivity contribution < 1.29 is 29.8 Å². The fourth-order valence-corrected chi connectivity index (χ4v) is 1.60. The van der Waals surface area contributed by atoms with Gasteiger partial charge in [-0.3, -0.25) is 10.1 Å². The molecular weight excluding hydrogens is 246 g/mol. The lowest BCUT2D eigenvalue weighted by atomic mass is 9.96. The molecule has 0 fully saturated rings. The van der Waals surface area contributed by atoms with E-state index in [0.717, 1.165) is 12.1 Å². The van der Waals surface area contributed by atoms with Crippen LogP contribution in [0.15, 0.2) is 12.1 Å². The van der Waals surface area contributed by atoms with E-state index in [1.165, 1.54) is 0 Å². The van der Waals surface area contributed by atoms with Crippen molar-refractivity contribution in [2.75, 3.05) is 6.61 Å². The van der Waals surface area contributed by atoms with E-state index in [4.69, 9.17) is 15.3 Å². The molecule has 0 bridgehead atoms. The van der Waals surface area contributed by atoms with E-state index < -0.39 is 34.7 Å². The van der Waals surface area contributed by atoms with Gasteiger partial charge in [0.15, 0.2) is 0 Å². The highest BCUT2D eigenvalue weighted by atomic mass is 16.6. The zero-order chi connectivity index (χ0) is 13.9. The molecule has 18 heavy (non-hydrogen) atoms. The van der Waals surface area contributed by atoms with Gasteiger partial charge in [-0.25, -0.2) is 9.59 Å². The third-order valence-electron chi connectivity index (χ3n) is 2.29. The Kier molecular flexibility index (Phi) is 3.95. The van der Waals surface area contributed by atoms with Crippen LogP contribution >= 0.6 is 0 Å². The molecule has 0 atom stereocenters. The average molecular weight is 255 g/mol. The van der Waals surface area contributed by atoms with Crippen LogP contribution in [0, 0.1) is 10.1 Å². The summed E-state index contributed by atoms with van der Waals surface area (Å²) in [4.78, 5) is 31.7. The van der Waals surface area contributed by atoms with Gasteiger partial charge in [0.25, 0.3) is 5.69 Å². The molecule has 96 valence electrons. The van der Waals surface area contributed by atoms with Crippen LogP contribution < -0.4 is 0 Å². The zero-order valence-corrected chi connectivity index (χ0v) is 8.99. The Morgan fingerprint density at radius 1 is 1.22 bits per heavy atom. The van der Waals surface area contributed by atoms with Gasteiger partial charge >= 0.3 is 11.9 Å². The van der Waals surface area contributed by atoms with Gasteiger partial charge in [-0.05, 0) is 18.1 Å². The van der Waals surface area contributed by atoms with Gasteiger partial charge in [0.2, 0.25) is 0 Å². The molecule has 8 heteroatoms. The molecule has 1 rings (SSSR count). The Labute approximate surface area is 100 Å². The monoisotopic (exact) mass is 255 g/mol. The maximum atomic E-state index is 11.0. The Hall–Kier alpha value is -2.48. The number of aliphatic hydroxyl groups excluding tert-OH is 1. The topological polar surface area (TPSA) is 138 Å². The van der Waals surface area contributed by atoms with Gasteiger partial charge < -0.3 is 15.3 Å². The van der Waals surface area contributed by atoms with Crippen LogP contribution in [0.3, 0.4) is 0 Å². The van der Waals surface area contributed by atoms with Crippen molar-refractivity contribution in [1.29, 1.82) is 0 Å². The van der Waals surface area contributed by atoms with Crippen LogP contribution in [-0.2, 0) is 6.42 Å². The first-order chi connectivity index (χ1) is 8.40. The lowest BCUT2D eigenvalue weighted by Crippen LogP contribution is -2.13. The van der Waals surface area contributed by atoms with Crippen molar-refractivity contribution in [3.05, 3.63) is 38.9 Å². The number of hydrogen-bond donors (Lipinski definition) is 3. The van der Waals surface area contributed by atoms with E-state index in [1.807, 2.05) is 0 Å². The number of aliphatic hydroxyl groups is 1. The van der Waals surface area contributed by atoms with Gasteiger partial charge in [0.05, 0.1) is 10.5 Å². The van der Waals surface area contributed by atoms with Crippen LogP contribution in [0.4, 0.5) is 5.69 Å². The van der Waals surface area contributed by atoms with Crippen molar-refractivity contribution in [3.8, 4) is 0 Å². The quantitative estimate of drug-likeness (QED) is 0.515. The van der Waals surface area contributed by atoms with Crippen molar-refractivity contribution in [1.82, 2.24) is 0 Å². The number of hydrogen-bond acceptors (Lipinski definition) is 5. The summed E-state index contributed by atoms with van der Waals surface area (Å²) in [6.07, 6.45) is -0.287. The van der Waals surface area contributed by atoms with Crippen LogP contribution in [0.25, 0.3) is 0 Å². The molecule has 0 aliphatic carbocycles. The van der Waals surface area contributed by atoms with Crippen molar-refractivity contribution in [2.45, 2.75) is 6.42 Å². The third kappa shape index (κ3) is 2.43. The molecule has 0 heterocycles. The molecule has 0 amide bonds. The molecule has 1 aromatic carbocycles. The minimum atomic E-state index is -1.60. The maximum Gasteiger partial charge on any atom is 0.343 e. The van der Waals surface area contributed by atoms with Crippen molar-refractivity contribution in [2.24, 2.45) is 0 Å². The minimum absolute atomic E-state index is 0.258. The van der Waals surface area contributed by atoms with E-state index in [0.29, 0.717) is 0 Å². The second-order valence-corrected chi connectivity index (χ2v) is 3.33. The summed E-state index contributed by atoms with van der Waals surface area (Å²) in [5.74, 6) is -3.01. The molecular formula is C10H9NO7. The van der Waals surface area contributed by atoms with E-state index in [1.54, 1.807) is 0 Å². The highest BCUT2D eigenvalue weighted by Crippen LogP contribution is 2.26. The molecule has 1 aromatic rings. The first-order valence-corrected chi connectivity index (χ1v) is 4.77. The van der Waals surface area contributed by atoms with E-state index in [-0.39, 0.29) is 17.5 Å². The summed E-state index contributed by atoms with van der Waals surface area (Å²) >= 11 is 0. The van der Waals surface area contributed by atoms with Crippen LogP contribution in [0.1, 0.15) is 26.3 Å². The molecule has 3 N–H and O–H groups in total. The van der Waals surface area contributed by atoms with E-state index >= 15 is 0 Å². The number of nitro benzene ring substituents is 1. The highest BCUT2D eigenvalue weighted by Gasteiger charge is 2.27. The average Bonchev–Trinajstić information content (AvgIpc) is 2.27. The Morgan fingerprint density at radius 3 is 2.22 bits per heavy atom. The predicted molar refractivity (Wildman–Crippen MR) is 57.8 cm³/mol. The number of carboxylic acids is 2. The molecule has 0 aliphatic heterocycles. The fraction of sp³-hybridized carbons (Fsp3) is 0.200. The van der Waals surface area contributed by atoms with E-state index in [9.17, 15) is 19.7 Å². The van der Waals surface area contributed by atoms with Gasteiger partial charge in [-0.1, -0.05) is 0 Å². The number of nitrogens with zero attached hydrogens (tertiary/aromatic N) is 1. The predicted octanol–water partition coefficient (Wildman–Crippen LogP) is 0.526. The first kappa shape index (κ1) is 13.6. The van der Waals surface area contributed by atoms with Gasteiger partial charge in [-0.2, -0.15) is 0 Å². The molecule has 0 radical (unpaired) electrons. The molecule has 8 nitrogen and oxygen atoms in total. The third-order valence-corrected chi connectivity index (χ3v) is 2.29. The second kappa shape index (κ2) is 5.23. The number of rotatable bonds is 5.